The van der Waals surface area contributed by atoms with E-state index in [2.05, 4.69) is 0 Å². The monoisotopic (exact) mass is 284 g/mol. The zero-order chi connectivity index (χ0) is 14.9. The summed E-state index contributed by atoms with van der Waals surface area (Å²) in [4.78, 5) is 0. The molecule has 20 heavy (non-hydrogen) atoms. The number of halogens is 4. The summed E-state index contributed by atoms with van der Waals surface area (Å²) in [7, 11) is 0. The van der Waals surface area contributed by atoms with E-state index in [0.717, 1.165) is 6.07 Å². The van der Waals surface area contributed by atoms with Gasteiger partial charge in [-0.15, -0.1) is 0 Å². The molecule has 0 aliphatic carbocycles. The fourth-order valence-electron chi connectivity index (χ4n) is 1.89. The Labute approximate surface area is 113 Å². The van der Waals surface area contributed by atoms with Gasteiger partial charge in [0.25, 0.3) is 0 Å². The van der Waals surface area contributed by atoms with Crippen molar-refractivity contribution in [1.82, 2.24) is 0 Å². The van der Waals surface area contributed by atoms with Crippen LogP contribution in [-0.4, -0.2) is 0 Å². The molecule has 4 N–H and O–H groups in total. The number of anilines is 1. The van der Waals surface area contributed by atoms with Crippen molar-refractivity contribution in [3.05, 3.63) is 53.3 Å². The predicted octanol–water partition coefficient (Wildman–Crippen LogP) is 3.55. The lowest BCUT2D eigenvalue weighted by molar-refractivity contribution is -0.136. The van der Waals surface area contributed by atoms with Crippen molar-refractivity contribution < 1.29 is 17.6 Å². The number of alkyl halides is 3. The number of benzene rings is 2. The molecule has 6 heteroatoms. The normalized spacial score (nSPS) is 11.7. The molecule has 0 amide bonds. The number of nitrogens with two attached hydrogens (primary N) is 2. The van der Waals surface area contributed by atoms with E-state index in [0.29, 0.717) is 16.7 Å². The van der Waals surface area contributed by atoms with E-state index >= 15 is 0 Å². The summed E-state index contributed by atoms with van der Waals surface area (Å²) in [6, 6.07) is 7.64. The first-order chi connectivity index (χ1) is 9.32. The second-order valence-corrected chi connectivity index (χ2v) is 4.31. The summed E-state index contributed by atoms with van der Waals surface area (Å²) < 4.78 is 51.4. The van der Waals surface area contributed by atoms with Crippen LogP contribution in [-0.2, 0) is 12.7 Å². The summed E-state index contributed by atoms with van der Waals surface area (Å²) in [5, 5.41) is 0. The molecule has 0 aliphatic heterocycles. The minimum atomic E-state index is -4.50. The first-order valence-electron chi connectivity index (χ1n) is 5.78. The van der Waals surface area contributed by atoms with Gasteiger partial charge in [0.1, 0.15) is 5.82 Å². The zero-order valence-electron chi connectivity index (χ0n) is 10.3. The highest BCUT2D eigenvalue weighted by molar-refractivity contribution is 5.69. The Morgan fingerprint density at radius 1 is 0.950 bits per heavy atom. The Morgan fingerprint density at radius 3 is 2.05 bits per heavy atom. The highest BCUT2D eigenvalue weighted by Gasteiger charge is 2.32. The van der Waals surface area contributed by atoms with Crippen LogP contribution in [0.1, 0.15) is 11.1 Å². The van der Waals surface area contributed by atoms with Crippen LogP contribution in [0, 0.1) is 5.82 Å². The molecule has 2 rings (SSSR count). The van der Waals surface area contributed by atoms with Crippen molar-refractivity contribution in [2.24, 2.45) is 5.73 Å². The maximum absolute atomic E-state index is 13.6. The van der Waals surface area contributed by atoms with Gasteiger partial charge in [0.2, 0.25) is 0 Å². The molecule has 0 heterocycles. The summed E-state index contributed by atoms with van der Waals surface area (Å²) in [6.45, 7) is 0.0568. The molecule has 0 unspecified atom stereocenters. The van der Waals surface area contributed by atoms with Gasteiger partial charge in [0, 0.05) is 17.8 Å². The molecule has 106 valence electrons. The minimum Gasteiger partial charge on any atom is -0.398 e. The van der Waals surface area contributed by atoms with E-state index in [-0.39, 0.29) is 6.54 Å². The average Bonchev–Trinajstić information content (AvgIpc) is 2.37. The Balaban J connectivity index is 2.44. The van der Waals surface area contributed by atoms with Gasteiger partial charge in [-0.3, -0.25) is 0 Å². The van der Waals surface area contributed by atoms with Crippen molar-refractivity contribution in [2.45, 2.75) is 12.7 Å². The van der Waals surface area contributed by atoms with Crippen LogP contribution in [0.25, 0.3) is 11.1 Å². The van der Waals surface area contributed by atoms with Crippen molar-refractivity contribution >= 4 is 5.69 Å². The minimum absolute atomic E-state index is 0.0568. The topological polar surface area (TPSA) is 52.0 Å². The molecule has 2 aromatic rings. The maximum atomic E-state index is 13.6. The van der Waals surface area contributed by atoms with E-state index in [4.69, 9.17) is 11.5 Å². The molecule has 2 aromatic carbocycles. The zero-order valence-corrected chi connectivity index (χ0v) is 10.3. The number of rotatable bonds is 2. The van der Waals surface area contributed by atoms with Crippen LogP contribution in [0.3, 0.4) is 0 Å². The lowest BCUT2D eigenvalue weighted by atomic mass is 10.0. The lowest BCUT2D eigenvalue weighted by Crippen LogP contribution is -2.08. The summed E-state index contributed by atoms with van der Waals surface area (Å²) in [6.07, 6.45) is -4.50. The Bertz CT molecular complexity index is 636. The first-order valence-corrected chi connectivity index (χ1v) is 5.78. The smallest absolute Gasteiger partial charge is 0.398 e. The number of hydrogen-bond donors (Lipinski definition) is 2. The van der Waals surface area contributed by atoms with Gasteiger partial charge in [0.05, 0.1) is 5.56 Å². The number of hydrogen-bond acceptors (Lipinski definition) is 2. The predicted molar refractivity (Wildman–Crippen MR) is 69.1 cm³/mol. The van der Waals surface area contributed by atoms with Gasteiger partial charge < -0.3 is 11.5 Å². The van der Waals surface area contributed by atoms with E-state index in [9.17, 15) is 17.6 Å². The summed E-state index contributed by atoms with van der Waals surface area (Å²) >= 11 is 0. The third kappa shape index (κ3) is 2.75. The fraction of sp³-hybridized carbons (Fsp3) is 0.143. The van der Waals surface area contributed by atoms with Gasteiger partial charge in [-0.2, -0.15) is 13.2 Å². The van der Waals surface area contributed by atoms with Gasteiger partial charge in [-0.1, -0.05) is 18.2 Å². The lowest BCUT2D eigenvalue weighted by Gasteiger charge is -2.12. The molecule has 0 aromatic heterocycles. The molecular formula is C14H12F4N2. The van der Waals surface area contributed by atoms with Crippen LogP contribution in [0.2, 0.25) is 0 Å². The van der Waals surface area contributed by atoms with Crippen molar-refractivity contribution in [3.63, 3.8) is 0 Å². The maximum Gasteiger partial charge on any atom is 0.418 e. The molecule has 0 bridgehead atoms. The van der Waals surface area contributed by atoms with Crippen LogP contribution < -0.4 is 11.5 Å². The van der Waals surface area contributed by atoms with Crippen molar-refractivity contribution in [3.8, 4) is 11.1 Å². The first kappa shape index (κ1) is 14.3. The quantitative estimate of drug-likeness (QED) is 0.654. The van der Waals surface area contributed by atoms with Gasteiger partial charge in [-0.25, -0.2) is 4.39 Å². The van der Waals surface area contributed by atoms with Crippen LogP contribution in [0.4, 0.5) is 23.2 Å². The molecule has 2 nitrogen and oxygen atoms in total. The largest absolute Gasteiger partial charge is 0.418 e. The van der Waals surface area contributed by atoms with E-state index < -0.39 is 23.2 Å². The van der Waals surface area contributed by atoms with Gasteiger partial charge in [-0.05, 0) is 29.3 Å². The van der Waals surface area contributed by atoms with E-state index in [1.165, 1.54) is 24.3 Å². The van der Waals surface area contributed by atoms with Crippen LogP contribution in [0.15, 0.2) is 36.4 Å². The van der Waals surface area contributed by atoms with E-state index in [1.807, 2.05) is 0 Å². The molecule has 0 aliphatic rings. The Kier molecular flexibility index (Phi) is 3.67. The average molecular weight is 284 g/mol. The Morgan fingerprint density at radius 2 is 1.55 bits per heavy atom. The molecular weight excluding hydrogens is 272 g/mol. The fourth-order valence-corrected chi connectivity index (χ4v) is 1.89. The van der Waals surface area contributed by atoms with Crippen molar-refractivity contribution in [1.29, 1.82) is 0 Å². The summed E-state index contributed by atoms with van der Waals surface area (Å²) in [5.74, 6) is -0.497. The third-order valence-corrected chi connectivity index (χ3v) is 2.96. The number of nitrogen functional groups attached to an aromatic ring is 1. The molecule has 0 atom stereocenters. The second-order valence-electron chi connectivity index (χ2n) is 4.31. The molecule has 0 saturated carbocycles. The molecule has 0 saturated heterocycles. The van der Waals surface area contributed by atoms with Crippen LogP contribution >= 0.6 is 0 Å². The second kappa shape index (κ2) is 5.13. The molecule has 0 radical (unpaired) electrons. The SMILES string of the molecule is NCc1ccc(-c2ccc(C(F)(F)F)c(N)c2)cc1F. The van der Waals surface area contributed by atoms with Crippen LogP contribution in [0.5, 0.6) is 0 Å². The van der Waals surface area contributed by atoms with Gasteiger partial charge in [0.15, 0.2) is 0 Å². The summed E-state index contributed by atoms with van der Waals surface area (Å²) in [5.41, 5.74) is 10.7. The molecule has 0 spiro atoms. The standard InChI is InChI=1S/C14H12F4N2/c15-12-5-8(1-2-10(12)7-19)9-3-4-11(13(20)6-9)14(16,17)18/h1-6H,7,19-20H2. The highest BCUT2D eigenvalue weighted by atomic mass is 19.4. The third-order valence-electron chi connectivity index (χ3n) is 2.96. The molecule has 0 fully saturated rings. The van der Waals surface area contributed by atoms with E-state index in [1.54, 1.807) is 6.07 Å². The highest BCUT2D eigenvalue weighted by Crippen LogP contribution is 2.35. The Hall–Kier alpha value is -2.08. The van der Waals surface area contributed by atoms with Gasteiger partial charge >= 0.3 is 6.18 Å². The van der Waals surface area contributed by atoms with Crippen molar-refractivity contribution in [2.75, 3.05) is 5.73 Å².